The highest BCUT2D eigenvalue weighted by Crippen LogP contribution is 2.34. The number of amides is 1. The molecule has 1 amide bonds. The molecule has 0 fully saturated rings. The number of sulfonamides is 1. The van der Waals surface area contributed by atoms with Crippen LogP contribution >= 0.6 is 22.9 Å². The Labute approximate surface area is 222 Å². The standard InChI is InChI=1S/C23H25ClF2N4O5S2/c1-23(2,3)35-22(31)30(20-11-36-12-28-20)37(32,33)19-8-15(24)18(9-17(19)26)29-21(27)14-7-13(10-34-4)5-6-16(14)25/h5-9,11-12,21,29H,10,27H2,1-4H3/t21-/m1/s1. The lowest BCUT2D eigenvalue weighted by atomic mass is 10.1. The molecule has 0 bridgehead atoms. The number of nitrogens with zero attached hydrogens (tertiary/aromatic N) is 2. The first kappa shape index (κ1) is 28.7. The lowest BCUT2D eigenvalue weighted by molar-refractivity contribution is 0.0608. The van der Waals surface area contributed by atoms with Crippen LogP contribution in [-0.4, -0.2) is 32.2 Å². The van der Waals surface area contributed by atoms with E-state index < -0.39 is 44.4 Å². The van der Waals surface area contributed by atoms with Crippen LogP contribution in [0.3, 0.4) is 0 Å². The molecule has 0 aliphatic carbocycles. The highest BCUT2D eigenvalue weighted by Gasteiger charge is 2.38. The second-order valence-corrected chi connectivity index (χ2v) is 11.7. The summed E-state index contributed by atoms with van der Waals surface area (Å²) >= 11 is 7.29. The first-order valence-electron chi connectivity index (χ1n) is 10.7. The Morgan fingerprint density at radius 3 is 2.54 bits per heavy atom. The topological polar surface area (TPSA) is 124 Å². The molecule has 0 saturated heterocycles. The fourth-order valence-electron chi connectivity index (χ4n) is 3.19. The molecule has 3 aromatic rings. The molecule has 14 heteroatoms. The van der Waals surface area contributed by atoms with Crippen molar-refractivity contribution in [3.8, 4) is 0 Å². The smallest absolute Gasteiger partial charge is 0.430 e. The van der Waals surface area contributed by atoms with Crippen molar-refractivity contribution in [1.82, 2.24) is 4.98 Å². The van der Waals surface area contributed by atoms with Crippen LogP contribution < -0.4 is 15.4 Å². The van der Waals surface area contributed by atoms with E-state index in [4.69, 9.17) is 26.8 Å². The number of methoxy groups -OCH3 is 1. The number of aromatic nitrogens is 1. The summed E-state index contributed by atoms with van der Waals surface area (Å²) in [6.07, 6.45) is -2.44. The van der Waals surface area contributed by atoms with Gasteiger partial charge >= 0.3 is 6.09 Å². The molecule has 0 radical (unpaired) electrons. The van der Waals surface area contributed by atoms with Gasteiger partial charge in [0.1, 0.15) is 28.3 Å². The highest BCUT2D eigenvalue weighted by atomic mass is 35.5. The third-order valence-corrected chi connectivity index (χ3v) is 7.32. The number of nitrogens with one attached hydrogen (secondary N) is 1. The van der Waals surface area contributed by atoms with Gasteiger partial charge < -0.3 is 20.5 Å². The minimum absolute atomic E-state index is 0.0577. The highest BCUT2D eigenvalue weighted by molar-refractivity contribution is 7.93. The number of carbonyl (C=O) groups excluding carboxylic acids is 1. The van der Waals surface area contributed by atoms with Gasteiger partial charge in [0.25, 0.3) is 10.0 Å². The number of nitrogens with two attached hydrogens (primary N) is 1. The number of anilines is 2. The number of halogens is 3. The van der Waals surface area contributed by atoms with Crippen molar-refractivity contribution < 1.29 is 31.5 Å². The van der Waals surface area contributed by atoms with E-state index in [-0.39, 0.29) is 33.0 Å². The van der Waals surface area contributed by atoms with E-state index in [9.17, 15) is 17.6 Å². The number of hydrogen-bond acceptors (Lipinski definition) is 9. The van der Waals surface area contributed by atoms with Crippen molar-refractivity contribution in [3.63, 3.8) is 0 Å². The van der Waals surface area contributed by atoms with Crippen molar-refractivity contribution in [1.29, 1.82) is 0 Å². The van der Waals surface area contributed by atoms with Crippen molar-refractivity contribution >= 4 is 50.6 Å². The van der Waals surface area contributed by atoms with Crippen molar-refractivity contribution in [2.24, 2.45) is 5.73 Å². The van der Waals surface area contributed by atoms with Crippen molar-refractivity contribution in [2.45, 2.75) is 44.0 Å². The molecule has 0 aliphatic heterocycles. The van der Waals surface area contributed by atoms with E-state index in [1.54, 1.807) is 20.8 Å². The van der Waals surface area contributed by atoms with Gasteiger partial charge in [0, 0.05) is 18.1 Å². The number of carbonyl (C=O) groups is 1. The summed E-state index contributed by atoms with van der Waals surface area (Å²) < 4.78 is 66.9. The maximum absolute atomic E-state index is 15.2. The molecule has 2 aromatic carbocycles. The summed E-state index contributed by atoms with van der Waals surface area (Å²) in [6, 6.07) is 5.84. The first-order valence-corrected chi connectivity index (χ1v) is 13.5. The summed E-state index contributed by atoms with van der Waals surface area (Å²) in [5, 5.41) is 3.73. The van der Waals surface area contributed by atoms with Gasteiger partial charge in [0.2, 0.25) is 0 Å². The van der Waals surface area contributed by atoms with Gasteiger partial charge in [-0.15, -0.1) is 15.6 Å². The normalized spacial score (nSPS) is 12.8. The molecule has 3 N–H and O–H groups in total. The Bertz CT molecular complexity index is 1380. The first-order chi connectivity index (χ1) is 17.2. The van der Waals surface area contributed by atoms with Crippen LogP contribution in [-0.2, 0) is 26.1 Å². The van der Waals surface area contributed by atoms with E-state index in [1.807, 2.05) is 0 Å². The second kappa shape index (κ2) is 11.3. The zero-order chi connectivity index (χ0) is 27.5. The Morgan fingerprint density at radius 2 is 1.95 bits per heavy atom. The van der Waals surface area contributed by atoms with E-state index >= 15 is 4.39 Å². The van der Waals surface area contributed by atoms with Crippen LogP contribution in [0.15, 0.2) is 46.1 Å². The lowest BCUT2D eigenvalue weighted by Gasteiger charge is -2.26. The summed E-state index contributed by atoms with van der Waals surface area (Å²) in [6.45, 7) is 4.86. The molecule has 0 spiro atoms. The average molecular weight is 575 g/mol. The maximum Gasteiger partial charge on any atom is 0.430 e. The molecule has 3 rings (SSSR count). The molecule has 1 atom stereocenters. The van der Waals surface area contributed by atoms with Crippen molar-refractivity contribution in [3.05, 3.63) is 69.0 Å². The molecule has 1 heterocycles. The third kappa shape index (κ3) is 6.73. The Hall–Kier alpha value is -2.84. The maximum atomic E-state index is 15.2. The average Bonchev–Trinajstić information content (AvgIpc) is 3.30. The summed E-state index contributed by atoms with van der Waals surface area (Å²) in [4.78, 5) is 15.8. The van der Waals surface area contributed by atoms with Crippen LogP contribution in [0.25, 0.3) is 0 Å². The Morgan fingerprint density at radius 1 is 1.24 bits per heavy atom. The predicted octanol–water partition coefficient (Wildman–Crippen LogP) is 5.42. The molecule has 9 nitrogen and oxygen atoms in total. The van der Waals surface area contributed by atoms with Gasteiger partial charge in [-0.25, -0.2) is 27.0 Å². The van der Waals surface area contributed by atoms with Crippen LogP contribution in [0.5, 0.6) is 0 Å². The summed E-state index contributed by atoms with van der Waals surface area (Å²) in [5.41, 5.74) is 6.95. The van der Waals surface area contributed by atoms with E-state index in [2.05, 4.69) is 10.3 Å². The van der Waals surface area contributed by atoms with Gasteiger partial charge in [0.15, 0.2) is 5.82 Å². The summed E-state index contributed by atoms with van der Waals surface area (Å²) in [7, 11) is -3.37. The number of hydrogen-bond donors (Lipinski definition) is 2. The van der Waals surface area contributed by atoms with Crippen LogP contribution in [0.2, 0.25) is 5.02 Å². The zero-order valence-electron chi connectivity index (χ0n) is 20.3. The fraction of sp³-hybridized carbons (Fsp3) is 0.304. The Kier molecular flexibility index (Phi) is 8.75. The minimum Gasteiger partial charge on any atom is -0.443 e. The number of thiazole rings is 1. The number of ether oxygens (including phenoxy) is 2. The second-order valence-electron chi connectivity index (χ2n) is 8.77. The molecule has 37 heavy (non-hydrogen) atoms. The van der Waals surface area contributed by atoms with Gasteiger partial charge in [-0.3, -0.25) is 0 Å². The fourth-order valence-corrected chi connectivity index (χ4v) is 5.41. The Balaban J connectivity index is 1.98. The van der Waals surface area contributed by atoms with Gasteiger partial charge in [-0.1, -0.05) is 17.7 Å². The molecule has 0 aliphatic rings. The van der Waals surface area contributed by atoms with E-state index in [0.29, 0.717) is 5.56 Å². The van der Waals surface area contributed by atoms with Crippen molar-refractivity contribution in [2.75, 3.05) is 16.7 Å². The molecule has 200 valence electrons. The number of rotatable bonds is 8. The quantitative estimate of drug-likeness (QED) is 0.342. The third-order valence-electron chi connectivity index (χ3n) is 4.74. The zero-order valence-corrected chi connectivity index (χ0v) is 22.7. The van der Waals surface area contributed by atoms with Crippen LogP contribution in [0.4, 0.5) is 25.1 Å². The molecule has 0 saturated carbocycles. The van der Waals surface area contributed by atoms with Gasteiger partial charge in [-0.05, 0) is 50.6 Å². The lowest BCUT2D eigenvalue weighted by Crippen LogP contribution is -2.41. The van der Waals surface area contributed by atoms with Crippen LogP contribution in [0.1, 0.15) is 38.1 Å². The number of benzene rings is 2. The van der Waals surface area contributed by atoms with Gasteiger partial charge in [-0.2, -0.15) is 0 Å². The molecule has 1 aromatic heterocycles. The SMILES string of the molecule is COCc1ccc(F)c([C@H](N)Nc2cc(F)c(S(=O)(=O)N(C(=O)OC(C)(C)C)c3cscn3)cc2Cl)c1. The summed E-state index contributed by atoms with van der Waals surface area (Å²) in [5.74, 6) is -2.13. The minimum atomic E-state index is -4.85. The largest absolute Gasteiger partial charge is 0.443 e. The van der Waals surface area contributed by atoms with Gasteiger partial charge in [0.05, 0.1) is 22.8 Å². The van der Waals surface area contributed by atoms with E-state index in [0.717, 1.165) is 23.5 Å². The molecular weight excluding hydrogens is 550 g/mol. The molecule has 0 unspecified atom stereocenters. The molecular formula is C23H25ClF2N4O5S2. The monoisotopic (exact) mass is 574 g/mol. The predicted molar refractivity (Wildman–Crippen MR) is 137 cm³/mol. The van der Waals surface area contributed by atoms with Crippen LogP contribution in [0, 0.1) is 11.6 Å². The van der Waals surface area contributed by atoms with E-state index in [1.165, 1.54) is 36.2 Å².